The molecule has 7 nitrogen and oxygen atoms in total. The number of halogens is 1. The zero-order valence-electron chi connectivity index (χ0n) is 15.7. The summed E-state index contributed by atoms with van der Waals surface area (Å²) in [6.45, 7) is 1.84. The van der Waals surface area contributed by atoms with E-state index in [1.165, 1.54) is 22.3 Å². The van der Waals surface area contributed by atoms with Crippen molar-refractivity contribution < 1.29 is 17.9 Å². The topological polar surface area (TPSA) is 88.6 Å². The zero-order valence-corrected chi connectivity index (χ0v) is 18.1. The number of nitrogens with one attached hydrogen (secondary N) is 1. The molecule has 1 fully saturated rings. The first-order valence-electron chi connectivity index (χ1n) is 9.19. The quantitative estimate of drug-likeness (QED) is 0.462. The summed E-state index contributed by atoms with van der Waals surface area (Å²) < 4.78 is 31.9. The van der Waals surface area contributed by atoms with E-state index in [9.17, 15) is 13.2 Å². The Morgan fingerprint density at radius 2 is 1.90 bits per heavy atom. The third-order valence-electron chi connectivity index (χ3n) is 4.27. The lowest BCUT2D eigenvalue weighted by Gasteiger charge is -2.15. The molecule has 0 unspecified atom stereocenters. The van der Waals surface area contributed by atoms with Gasteiger partial charge >= 0.3 is 0 Å². The highest BCUT2D eigenvalue weighted by atomic mass is 35.5. The van der Waals surface area contributed by atoms with Gasteiger partial charge in [-0.05, 0) is 49.2 Å². The van der Waals surface area contributed by atoms with Crippen LogP contribution in [0, 0.1) is 0 Å². The van der Waals surface area contributed by atoms with Crippen LogP contribution in [0.25, 0.3) is 0 Å². The highest BCUT2D eigenvalue weighted by Crippen LogP contribution is 2.22. The minimum atomic E-state index is -3.47. The molecule has 0 aliphatic carbocycles. The number of hydrogen-bond acceptors (Lipinski definition) is 6. The maximum atomic E-state index is 12.5. The van der Waals surface area contributed by atoms with E-state index in [4.69, 9.17) is 16.3 Å². The molecule has 1 amide bonds. The van der Waals surface area contributed by atoms with Crippen LogP contribution in [0.3, 0.4) is 0 Å². The molecular weight excluding hydrogens is 434 g/mol. The monoisotopic (exact) mass is 455 g/mol. The molecule has 1 N–H and O–H groups in total. The van der Waals surface area contributed by atoms with E-state index in [1.54, 1.807) is 36.4 Å². The number of rotatable bonds is 9. The fourth-order valence-corrected chi connectivity index (χ4v) is 5.02. The minimum Gasteiger partial charge on any atom is -0.492 e. The zero-order chi connectivity index (χ0) is 20.7. The van der Waals surface area contributed by atoms with Gasteiger partial charge in [0, 0.05) is 24.3 Å². The molecule has 1 aromatic carbocycles. The third kappa shape index (κ3) is 6.33. The first kappa shape index (κ1) is 21.9. The van der Waals surface area contributed by atoms with Gasteiger partial charge in [-0.15, -0.1) is 0 Å². The van der Waals surface area contributed by atoms with Gasteiger partial charge in [-0.25, -0.2) is 13.4 Å². The summed E-state index contributed by atoms with van der Waals surface area (Å²) in [4.78, 5) is 16.3. The molecule has 2 aromatic rings. The van der Waals surface area contributed by atoms with E-state index in [-0.39, 0.29) is 16.6 Å². The Balaban J connectivity index is 1.39. The number of carbonyl (C=O) groups excluding carboxylic acids is 1. The summed E-state index contributed by atoms with van der Waals surface area (Å²) in [5.41, 5.74) is 0. The van der Waals surface area contributed by atoms with Gasteiger partial charge in [-0.1, -0.05) is 23.4 Å². The molecule has 0 saturated carbocycles. The molecule has 156 valence electrons. The number of hydrogen-bond donors (Lipinski definition) is 1. The molecule has 0 bridgehead atoms. The molecule has 1 aromatic heterocycles. The SMILES string of the molecule is O=C(CSc1ccc(S(=O)(=O)N2CCCC2)cn1)NCCOc1ccc(Cl)cc1. The summed E-state index contributed by atoms with van der Waals surface area (Å²) in [7, 11) is -3.47. The van der Waals surface area contributed by atoms with Crippen LogP contribution in [0.5, 0.6) is 5.75 Å². The highest BCUT2D eigenvalue weighted by Gasteiger charge is 2.27. The van der Waals surface area contributed by atoms with Crippen LogP contribution in [-0.4, -0.2) is 55.6 Å². The smallest absolute Gasteiger partial charge is 0.244 e. The normalized spacial score (nSPS) is 14.7. The van der Waals surface area contributed by atoms with Crippen LogP contribution in [0.15, 0.2) is 52.5 Å². The molecule has 0 atom stereocenters. The average molecular weight is 456 g/mol. The van der Waals surface area contributed by atoms with Crippen molar-refractivity contribution in [2.45, 2.75) is 22.8 Å². The molecule has 29 heavy (non-hydrogen) atoms. The van der Waals surface area contributed by atoms with E-state index >= 15 is 0 Å². The summed E-state index contributed by atoms with van der Waals surface area (Å²) >= 11 is 7.06. The first-order chi connectivity index (χ1) is 13.9. The van der Waals surface area contributed by atoms with Gasteiger partial charge in [0.2, 0.25) is 15.9 Å². The van der Waals surface area contributed by atoms with Gasteiger partial charge in [0.15, 0.2) is 0 Å². The number of ether oxygens (including phenoxy) is 1. The molecule has 0 radical (unpaired) electrons. The molecule has 3 rings (SSSR count). The number of aromatic nitrogens is 1. The van der Waals surface area contributed by atoms with Crippen molar-refractivity contribution in [3.8, 4) is 5.75 Å². The summed E-state index contributed by atoms with van der Waals surface area (Å²) in [6, 6.07) is 10.2. The maximum Gasteiger partial charge on any atom is 0.244 e. The van der Waals surface area contributed by atoms with E-state index in [1.807, 2.05) is 0 Å². The Bertz CT molecular complexity index is 915. The molecule has 2 heterocycles. The van der Waals surface area contributed by atoms with Crippen molar-refractivity contribution in [2.75, 3.05) is 32.0 Å². The van der Waals surface area contributed by atoms with Crippen molar-refractivity contribution >= 4 is 39.3 Å². The Morgan fingerprint density at radius 3 is 2.55 bits per heavy atom. The van der Waals surface area contributed by atoms with Crippen molar-refractivity contribution in [3.63, 3.8) is 0 Å². The molecule has 1 aliphatic heterocycles. The highest BCUT2D eigenvalue weighted by molar-refractivity contribution is 7.99. The largest absolute Gasteiger partial charge is 0.492 e. The van der Waals surface area contributed by atoms with Crippen LogP contribution in [-0.2, 0) is 14.8 Å². The van der Waals surface area contributed by atoms with Crippen molar-refractivity contribution in [1.82, 2.24) is 14.6 Å². The molecule has 0 spiro atoms. The van der Waals surface area contributed by atoms with E-state index in [2.05, 4.69) is 10.3 Å². The first-order valence-corrected chi connectivity index (χ1v) is 12.0. The standard InChI is InChI=1S/C19H22ClN3O4S2/c20-15-3-5-16(6-4-15)27-12-9-21-18(24)14-28-19-8-7-17(13-22-19)29(25,26)23-10-1-2-11-23/h3-8,13H,1-2,9-12,14H2,(H,21,24). The number of nitrogens with zero attached hydrogens (tertiary/aromatic N) is 2. The lowest BCUT2D eigenvalue weighted by atomic mass is 10.3. The van der Waals surface area contributed by atoms with Crippen LogP contribution < -0.4 is 10.1 Å². The summed E-state index contributed by atoms with van der Waals surface area (Å²) in [6.07, 6.45) is 3.13. The van der Waals surface area contributed by atoms with Crippen LogP contribution in [0.4, 0.5) is 0 Å². The predicted octanol–water partition coefficient (Wildman–Crippen LogP) is 2.81. The second-order valence-electron chi connectivity index (χ2n) is 6.38. The minimum absolute atomic E-state index is 0.148. The van der Waals surface area contributed by atoms with E-state index in [0.717, 1.165) is 12.8 Å². The number of thioether (sulfide) groups is 1. The van der Waals surface area contributed by atoms with Crippen molar-refractivity contribution in [2.24, 2.45) is 0 Å². The van der Waals surface area contributed by atoms with Crippen molar-refractivity contribution in [1.29, 1.82) is 0 Å². The molecule has 1 aliphatic rings. The third-order valence-corrected chi connectivity index (χ3v) is 7.35. The van der Waals surface area contributed by atoms with Crippen molar-refractivity contribution in [3.05, 3.63) is 47.6 Å². The Labute approximate surface area is 179 Å². The van der Waals surface area contributed by atoms with Gasteiger partial charge in [-0.3, -0.25) is 4.79 Å². The van der Waals surface area contributed by atoms with Gasteiger partial charge in [0.1, 0.15) is 17.3 Å². The molecule has 1 saturated heterocycles. The number of carbonyl (C=O) groups is 1. The lowest BCUT2D eigenvalue weighted by molar-refractivity contribution is -0.118. The van der Waals surface area contributed by atoms with Gasteiger partial charge in [-0.2, -0.15) is 4.31 Å². The Kier molecular flexibility index (Phi) is 7.77. The fraction of sp³-hybridized carbons (Fsp3) is 0.368. The molecule has 10 heteroatoms. The Morgan fingerprint density at radius 1 is 1.17 bits per heavy atom. The van der Waals surface area contributed by atoms with Gasteiger partial charge < -0.3 is 10.1 Å². The number of pyridine rings is 1. The van der Waals surface area contributed by atoms with Crippen LogP contribution in [0.1, 0.15) is 12.8 Å². The second-order valence-corrected chi connectivity index (χ2v) is 9.75. The fourth-order valence-electron chi connectivity index (χ4n) is 2.76. The second kappa shape index (κ2) is 10.3. The molecular formula is C19H22ClN3O4S2. The van der Waals surface area contributed by atoms with Crippen LogP contribution in [0.2, 0.25) is 5.02 Å². The number of benzene rings is 1. The summed E-state index contributed by atoms with van der Waals surface area (Å²) in [5, 5.41) is 4.00. The number of sulfonamides is 1. The maximum absolute atomic E-state index is 12.5. The summed E-state index contributed by atoms with van der Waals surface area (Å²) in [5.74, 6) is 0.725. The van der Waals surface area contributed by atoms with Gasteiger partial charge in [0.05, 0.1) is 17.3 Å². The van der Waals surface area contributed by atoms with E-state index < -0.39 is 10.0 Å². The predicted molar refractivity (Wildman–Crippen MR) is 113 cm³/mol. The van der Waals surface area contributed by atoms with Gasteiger partial charge in [0.25, 0.3) is 0 Å². The average Bonchev–Trinajstić information content (AvgIpc) is 3.27. The Hall–Kier alpha value is -1.81. The van der Waals surface area contributed by atoms with Crippen LogP contribution >= 0.6 is 23.4 Å². The number of amides is 1. The lowest BCUT2D eigenvalue weighted by Crippen LogP contribution is -2.29. The van der Waals surface area contributed by atoms with E-state index in [0.29, 0.717) is 42.0 Å².